The number of halogens is 2. The lowest BCUT2D eigenvalue weighted by molar-refractivity contribution is 0.417. The molecule has 0 aliphatic rings. The van der Waals surface area contributed by atoms with Gasteiger partial charge >= 0.3 is 0 Å². The molecule has 0 aliphatic carbocycles. The smallest absolute Gasteiger partial charge is 0.180 e. The van der Waals surface area contributed by atoms with Crippen LogP contribution in [-0.4, -0.2) is 16.5 Å². The average molecular weight is 299 g/mol. The molecule has 0 saturated heterocycles. The molecular formula is C12H8Cl2N2OS. The summed E-state index contributed by atoms with van der Waals surface area (Å²) in [6, 6.07) is 5.59. The van der Waals surface area contributed by atoms with E-state index in [1.807, 2.05) is 35.0 Å². The van der Waals surface area contributed by atoms with Gasteiger partial charge in [-0.1, -0.05) is 23.2 Å². The Morgan fingerprint density at radius 2 is 2.22 bits per heavy atom. The Morgan fingerprint density at radius 1 is 1.39 bits per heavy atom. The van der Waals surface area contributed by atoms with Crippen LogP contribution in [0.1, 0.15) is 0 Å². The second-order valence-electron chi connectivity index (χ2n) is 3.67. The fourth-order valence-electron chi connectivity index (χ4n) is 1.79. The Morgan fingerprint density at radius 3 is 2.89 bits per heavy atom. The Balaban J connectivity index is 2.22. The van der Waals surface area contributed by atoms with E-state index in [1.165, 1.54) is 11.3 Å². The molecule has 0 radical (unpaired) electrons. The molecule has 0 amide bonds. The lowest BCUT2D eigenvalue weighted by Crippen LogP contribution is -1.88. The zero-order chi connectivity index (χ0) is 12.7. The summed E-state index contributed by atoms with van der Waals surface area (Å²) < 4.78 is 8.46. The van der Waals surface area contributed by atoms with Crippen molar-refractivity contribution < 1.29 is 4.74 Å². The summed E-state index contributed by atoms with van der Waals surface area (Å²) in [5, 5.41) is 0. The zero-order valence-corrected chi connectivity index (χ0v) is 11.7. The predicted molar refractivity (Wildman–Crippen MR) is 75.1 cm³/mol. The van der Waals surface area contributed by atoms with Crippen LogP contribution >= 0.6 is 34.5 Å². The monoisotopic (exact) mass is 298 g/mol. The summed E-state index contributed by atoms with van der Waals surface area (Å²) in [5.41, 5.74) is 2.39. The Labute approximate surface area is 118 Å². The molecule has 92 valence electrons. The third-order valence-electron chi connectivity index (χ3n) is 2.60. The number of hydrogen-bond donors (Lipinski definition) is 0. The van der Waals surface area contributed by atoms with E-state index in [0.717, 1.165) is 22.7 Å². The van der Waals surface area contributed by atoms with Crippen LogP contribution in [-0.2, 0) is 0 Å². The van der Waals surface area contributed by atoms with Gasteiger partial charge in [-0.3, -0.25) is 0 Å². The molecule has 3 heterocycles. The minimum absolute atomic E-state index is 0.641. The van der Waals surface area contributed by atoms with Gasteiger partial charge in [-0.15, -0.1) is 11.3 Å². The van der Waals surface area contributed by atoms with Crippen molar-refractivity contribution in [3.63, 3.8) is 0 Å². The highest BCUT2D eigenvalue weighted by Crippen LogP contribution is 2.38. The first-order chi connectivity index (χ1) is 8.69. The van der Waals surface area contributed by atoms with Crippen LogP contribution in [0.5, 0.6) is 5.75 Å². The predicted octanol–water partition coefficient (Wildman–Crippen LogP) is 4.38. The highest BCUT2D eigenvalue weighted by Gasteiger charge is 2.13. The Hall–Kier alpha value is -1.23. The molecule has 3 aromatic rings. The number of ether oxygens (including phenoxy) is 1. The van der Waals surface area contributed by atoms with Gasteiger partial charge in [0.15, 0.2) is 11.4 Å². The van der Waals surface area contributed by atoms with E-state index in [9.17, 15) is 0 Å². The van der Waals surface area contributed by atoms with Crippen LogP contribution < -0.4 is 4.74 Å². The van der Waals surface area contributed by atoms with Crippen molar-refractivity contribution in [3.05, 3.63) is 39.3 Å². The lowest BCUT2D eigenvalue weighted by atomic mass is 10.3. The molecule has 0 fully saturated rings. The molecule has 3 aromatic heterocycles. The fourth-order valence-corrected chi connectivity index (χ4v) is 3.27. The van der Waals surface area contributed by atoms with Gasteiger partial charge in [0, 0.05) is 18.0 Å². The standard InChI is InChI=1S/C12H8Cl2N2OS/c1-17-9-3-2-4-16-6-8(15-12(9)16)7-5-10(13)18-11(7)14/h2-6H,1H3. The molecule has 0 unspecified atom stereocenters. The molecule has 3 rings (SSSR count). The number of imidazole rings is 1. The van der Waals surface area contributed by atoms with Gasteiger partial charge in [-0.2, -0.15) is 0 Å². The molecular weight excluding hydrogens is 291 g/mol. The number of aromatic nitrogens is 2. The molecule has 0 N–H and O–H groups in total. The first kappa shape index (κ1) is 11.8. The number of nitrogens with zero attached hydrogens (tertiary/aromatic N) is 2. The summed E-state index contributed by atoms with van der Waals surface area (Å²) in [7, 11) is 1.62. The van der Waals surface area contributed by atoms with Gasteiger partial charge < -0.3 is 9.14 Å². The summed E-state index contributed by atoms with van der Waals surface area (Å²) in [4.78, 5) is 4.53. The van der Waals surface area contributed by atoms with Gasteiger partial charge in [-0.05, 0) is 18.2 Å². The normalized spacial score (nSPS) is 11.1. The molecule has 0 spiro atoms. The number of methoxy groups -OCH3 is 1. The van der Waals surface area contributed by atoms with Crippen LogP contribution in [0.4, 0.5) is 0 Å². The average Bonchev–Trinajstić information content (AvgIpc) is 2.91. The van der Waals surface area contributed by atoms with Crippen LogP contribution in [0.2, 0.25) is 8.67 Å². The van der Waals surface area contributed by atoms with Crippen LogP contribution in [0.25, 0.3) is 16.9 Å². The maximum absolute atomic E-state index is 6.13. The van der Waals surface area contributed by atoms with Crippen molar-refractivity contribution in [2.24, 2.45) is 0 Å². The number of fused-ring (bicyclic) bond motifs is 1. The Kier molecular flexibility index (Phi) is 2.93. The van der Waals surface area contributed by atoms with E-state index in [2.05, 4.69) is 4.98 Å². The zero-order valence-electron chi connectivity index (χ0n) is 9.35. The van der Waals surface area contributed by atoms with Gasteiger partial charge in [0.05, 0.1) is 17.1 Å². The van der Waals surface area contributed by atoms with Crippen molar-refractivity contribution in [2.45, 2.75) is 0 Å². The molecule has 3 nitrogen and oxygen atoms in total. The lowest BCUT2D eigenvalue weighted by Gasteiger charge is -1.99. The maximum atomic E-state index is 6.13. The minimum Gasteiger partial charge on any atom is -0.493 e. The number of rotatable bonds is 2. The number of hydrogen-bond acceptors (Lipinski definition) is 3. The third-order valence-corrected chi connectivity index (χ3v) is 4.09. The third kappa shape index (κ3) is 1.86. The molecule has 0 aliphatic heterocycles. The largest absolute Gasteiger partial charge is 0.493 e. The van der Waals surface area contributed by atoms with E-state index in [1.54, 1.807) is 7.11 Å². The fraction of sp³-hybridized carbons (Fsp3) is 0.0833. The van der Waals surface area contributed by atoms with Crippen LogP contribution in [0, 0.1) is 0 Å². The maximum Gasteiger partial charge on any atom is 0.180 e. The summed E-state index contributed by atoms with van der Waals surface area (Å²) in [5.74, 6) is 0.723. The van der Waals surface area contributed by atoms with Crippen LogP contribution in [0.15, 0.2) is 30.6 Å². The topological polar surface area (TPSA) is 26.5 Å². The van der Waals surface area contributed by atoms with Crippen molar-refractivity contribution in [2.75, 3.05) is 7.11 Å². The first-order valence-corrected chi connectivity index (χ1v) is 6.73. The molecule has 18 heavy (non-hydrogen) atoms. The van der Waals surface area contributed by atoms with E-state index >= 15 is 0 Å². The quantitative estimate of drug-likeness (QED) is 0.702. The molecule has 0 aromatic carbocycles. The highest BCUT2D eigenvalue weighted by atomic mass is 35.5. The van der Waals surface area contributed by atoms with Gasteiger partial charge in [0.2, 0.25) is 0 Å². The van der Waals surface area contributed by atoms with Crippen molar-refractivity contribution in [3.8, 4) is 17.0 Å². The number of pyridine rings is 1. The van der Waals surface area contributed by atoms with Crippen molar-refractivity contribution in [1.29, 1.82) is 0 Å². The van der Waals surface area contributed by atoms with E-state index < -0.39 is 0 Å². The van der Waals surface area contributed by atoms with Crippen molar-refractivity contribution >= 4 is 40.2 Å². The molecule has 0 bridgehead atoms. The summed E-state index contributed by atoms with van der Waals surface area (Å²) in [6.07, 6.45) is 3.82. The first-order valence-electron chi connectivity index (χ1n) is 5.16. The molecule has 6 heteroatoms. The summed E-state index contributed by atoms with van der Waals surface area (Å²) in [6.45, 7) is 0. The number of thiophene rings is 1. The van der Waals surface area contributed by atoms with Gasteiger partial charge in [0.1, 0.15) is 4.34 Å². The SMILES string of the molecule is COc1cccn2cc(-c3cc(Cl)sc3Cl)nc12. The van der Waals surface area contributed by atoms with Gasteiger partial charge in [-0.25, -0.2) is 4.98 Å². The summed E-state index contributed by atoms with van der Waals surface area (Å²) >= 11 is 13.4. The van der Waals surface area contributed by atoms with Gasteiger partial charge in [0.25, 0.3) is 0 Å². The van der Waals surface area contributed by atoms with Crippen LogP contribution in [0.3, 0.4) is 0 Å². The molecule has 0 atom stereocenters. The highest BCUT2D eigenvalue weighted by molar-refractivity contribution is 7.20. The van der Waals surface area contributed by atoms with E-state index in [-0.39, 0.29) is 0 Å². The van der Waals surface area contributed by atoms with Crippen molar-refractivity contribution in [1.82, 2.24) is 9.38 Å². The Bertz CT molecular complexity index is 720. The van der Waals surface area contributed by atoms with E-state index in [0.29, 0.717) is 8.67 Å². The molecule has 0 saturated carbocycles. The minimum atomic E-state index is 0.641. The second kappa shape index (κ2) is 4.46. The van der Waals surface area contributed by atoms with E-state index in [4.69, 9.17) is 27.9 Å². The second-order valence-corrected chi connectivity index (χ2v) is 5.96.